The normalized spacial score (nSPS) is 17.3. The van der Waals surface area contributed by atoms with Crippen molar-refractivity contribution in [2.75, 3.05) is 7.11 Å². The van der Waals surface area contributed by atoms with E-state index in [1.165, 1.54) is 36.7 Å². The molecule has 1 aromatic heterocycles. The molecule has 2 aromatic rings. The second-order valence-electron chi connectivity index (χ2n) is 5.59. The van der Waals surface area contributed by atoms with Crippen LogP contribution in [0.25, 0.3) is 0 Å². The van der Waals surface area contributed by atoms with E-state index in [0.29, 0.717) is 16.8 Å². The van der Waals surface area contributed by atoms with Crippen LogP contribution >= 0.6 is 0 Å². The van der Waals surface area contributed by atoms with Gasteiger partial charge >= 0.3 is 5.97 Å². The number of benzene rings is 1. The van der Waals surface area contributed by atoms with Gasteiger partial charge in [0, 0.05) is 11.8 Å². The number of fused-ring (bicyclic) bond motifs is 1. The van der Waals surface area contributed by atoms with Crippen molar-refractivity contribution in [3.05, 3.63) is 59.4 Å². The molecule has 0 radical (unpaired) electrons. The number of halogens is 1. The first-order valence-electron chi connectivity index (χ1n) is 7.45. The van der Waals surface area contributed by atoms with E-state index in [1.54, 1.807) is 19.1 Å². The van der Waals surface area contributed by atoms with Gasteiger partial charge in [0.1, 0.15) is 12.1 Å². The summed E-state index contributed by atoms with van der Waals surface area (Å²) in [6.45, 7) is 1.87. The fraction of sp³-hybridized carbons (Fsp3) is 0.294. The van der Waals surface area contributed by atoms with Crippen molar-refractivity contribution in [3.63, 3.8) is 0 Å². The molecule has 1 aliphatic rings. The van der Waals surface area contributed by atoms with Gasteiger partial charge in [0.25, 0.3) is 0 Å². The number of carbonyl (C=O) groups excluding carboxylic acids is 2. The average Bonchev–Trinajstić information content (AvgIpc) is 2.99. The van der Waals surface area contributed by atoms with E-state index in [1.807, 2.05) is 0 Å². The molecule has 7 heteroatoms. The lowest BCUT2D eigenvalue weighted by Gasteiger charge is -2.26. The summed E-state index contributed by atoms with van der Waals surface area (Å²) in [7, 11) is 1.27. The lowest BCUT2D eigenvalue weighted by Crippen LogP contribution is -2.37. The van der Waals surface area contributed by atoms with Crippen LogP contribution in [0.4, 0.5) is 4.39 Å². The van der Waals surface area contributed by atoms with Crippen LogP contribution in [0.5, 0.6) is 0 Å². The molecule has 1 aliphatic heterocycles. The molecule has 2 atom stereocenters. The molecule has 0 aliphatic carbocycles. The van der Waals surface area contributed by atoms with Crippen LogP contribution < -0.4 is 0 Å². The Hall–Kier alpha value is -2.83. The molecule has 3 rings (SSSR count). The van der Waals surface area contributed by atoms with Crippen molar-refractivity contribution in [1.29, 1.82) is 0 Å². The molecule has 24 heavy (non-hydrogen) atoms. The zero-order chi connectivity index (χ0) is 17.3. The van der Waals surface area contributed by atoms with E-state index in [4.69, 9.17) is 4.74 Å². The number of hydrogen-bond acceptors (Lipinski definition) is 5. The van der Waals surface area contributed by atoms with Crippen LogP contribution in [-0.2, 0) is 20.9 Å². The van der Waals surface area contributed by atoms with Crippen molar-refractivity contribution in [1.82, 2.24) is 14.9 Å². The Labute approximate surface area is 138 Å². The van der Waals surface area contributed by atoms with E-state index in [-0.39, 0.29) is 12.5 Å². The summed E-state index contributed by atoms with van der Waals surface area (Å²) in [5.74, 6) is -1.86. The van der Waals surface area contributed by atoms with Crippen LogP contribution in [0.15, 0.2) is 36.8 Å². The largest absolute Gasteiger partial charge is 0.467 e. The van der Waals surface area contributed by atoms with Crippen LogP contribution in [0.3, 0.4) is 0 Å². The Balaban J connectivity index is 1.93. The van der Waals surface area contributed by atoms with Gasteiger partial charge in [-0.15, -0.1) is 0 Å². The minimum atomic E-state index is -0.880. The first-order valence-corrected chi connectivity index (χ1v) is 7.45. The van der Waals surface area contributed by atoms with Gasteiger partial charge in [-0.05, 0) is 24.6 Å². The molecule has 1 aromatic carbocycles. The highest BCUT2D eigenvalue weighted by molar-refractivity contribution is 5.90. The highest BCUT2D eigenvalue weighted by Crippen LogP contribution is 2.35. The molecule has 0 saturated carbocycles. The first-order chi connectivity index (χ1) is 11.5. The maximum atomic E-state index is 13.4. The highest BCUT2D eigenvalue weighted by Gasteiger charge is 2.41. The Morgan fingerprint density at radius 1 is 1.42 bits per heavy atom. The van der Waals surface area contributed by atoms with Crippen LogP contribution in [0.1, 0.15) is 35.7 Å². The van der Waals surface area contributed by atoms with Crippen molar-refractivity contribution >= 4 is 11.9 Å². The van der Waals surface area contributed by atoms with Gasteiger partial charge in [-0.2, -0.15) is 0 Å². The molecule has 1 amide bonds. The second-order valence-corrected chi connectivity index (χ2v) is 5.59. The molecule has 124 valence electrons. The highest BCUT2D eigenvalue weighted by atomic mass is 19.1. The number of amides is 1. The van der Waals surface area contributed by atoms with Crippen LogP contribution in [-0.4, -0.2) is 33.9 Å². The van der Waals surface area contributed by atoms with Gasteiger partial charge in [-0.1, -0.05) is 12.1 Å². The smallest absolute Gasteiger partial charge is 0.333 e. The average molecular weight is 329 g/mol. The van der Waals surface area contributed by atoms with Gasteiger partial charge < -0.3 is 9.64 Å². The Bertz CT molecular complexity index is 796. The summed E-state index contributed by atoms with van der Waals surface area (Å²) in [5.41, 5.74) is 1.72. The molecule has 6 nitrogen and oxygen atoms in total. The predicted octanol–water partition coefficient (Wildman–Crippen LogP) is 1.98. The maximum Gasteiger partial charge on any atom is 0.333 e. The van der Waals surface area contributed by atoms with Gasteiger partial charge in [-0.3, -0.25) is 4.79 Å². The predicted molar refractivity (Wildman–Crippen MR) is 82.2 cm³/mol. The standard InChI is InChI=1S/C17H16FN3O3/c1-10(11-4-3-5-12(18)6-11)16(22)21-8-14-13(7-19-9-20-14)15(21)17(23)24-2/h3-7,9-10,15H,8H2,1-2H3. The van der Waals surface area contributed by atoms with E-state index in [0.717, 1.165) is 0 Å². The molecule has 2 unspecified atom stereocenters. The van der Waals surface area contributed by atoms with Crippen molar-refractivity contribution < 1.29 is 18.7 Å². The Morgan fingerprint density at radius 3 is 2.92 bits per heavy atom. The molecular formula is C17H16FN3O3. The Morgan fingerprint density at radius 2 is 2.21 bits per heavy atom. The topological polar surface area (TPSA) is 72.4 Å². The number of methoxy groups -OCH3 is 1. The second kappa shape index (κ2) is 6.35. The summed E-state index contributed by atoms with van der Waals surface area (Å²) in [6, 6.07) is 4.99. The van der Waals surface area contributed by atoms with Crippen LogP contribution in [0.2, 0.25) is 0 Å². The van der Waals surface area contributed by atoms with E-state index in [9.17, 15) is 14.0 Å². The van der Waals surface area contributed by atoms with E-state index >= 15 is 0 Å². The van der Waals surface area contributed by atoms with Crippen LogP contribution in [0, 0.1) is 5.82 Å². The maximum absolute atomic E-state index is 13.4. The lowest BCUT2D eigenvalue weighted by atomic mass is 9.99. The third kappa shape index (κ3) is 2.73. The summed E-state index contributed by atoms with van der Waals surface area (Å²) >= 11 is 0. The third-order valence-electron chi connectivity index (χ3n) is 4.18. The number of aromatic nitrogens is 2. The quantitative estimate of drug-likeness (QED) is 0.805. The van der Waals surface area contributed by atoms with E-state index < -0.39 is 23.7 Å². The number of rotatable bonds is 3. The summed E-state index contributed by atoms with van der Waals surface area (Å²) in [4.78, 5) is 34.5. The SMILES string of the molecule is COC(=O)C1c2cncnc2CN1C(=O)C(C)c1cccc(F)c1. The summed E-state index contributed by atoms with van der Waals surface area (Å²) in [5, 5.41) is 0. The van der Waals surface area contributed by atoms with Crippen molar-refractivity contribution in [2.24, 2.45) is 0 Å². The Kier molecular flexibility index (Phi) is 4.24. The molecule has 2 heterocycles. The van der Waals surface area contributed by atoms with Gasteiger partial charge in [0.05, 0.1) is 25.3 Å². The molecule has 0 N–H and O–H groups in total. The minimum Gasteiger partial charge on any atom is -0.467 e. The zero-order valence-electron chi connectivity index (χ0n) is 13.3. The summed E-state index contributed by atoms with van der Waals surface area (Å²) < 4.78 is 18.3. The molecule has 0 fully saturated rings. The molecular weight excluding hydrogens is 313 g/mol. The van der Waals surface area contributed by atoms with Gasteiger partial charge in [0.15, 0.2) is 6.04 Å². The zero-order valence-corrected chi connectivity index (χ0v) is 13.3. The fourth-order valence-electron chi connectivity index (χ4n) is 2.89. The number of esters is 1. The van der Waals surface area contributed by atoms with Crippen molar-refractivity contribution in [2.45, 2.75) is 25.4 Å². The number of hydrogen-bond donors (Lipinski definition) is 0. The van der Waals surface area contributed by atoms with E-state index in [2.05, 4.69) is 9.97 Å². The number of nitrogens with zero attached hydrogens (tertiary/aromatic N) is 3. The number of ether oxygens (including phenoxy) is 1. The van der Waals surface area contributed by atoms with Crippen molar-refractivity contribution in [3.8, 4) is 0 Å². The fourth-order valence-corrected chi connectivity index (χ4v) is 2.89. The lowest BCUT2D eigenvalue weighted by molar-refractivity contribution is -0.153. The minimum absolute atomic E-state index is 0.191. The van der Waals surface area contributed by atoms with Gasteiger partial charge in [-0.25, -0.2) is 19.2 Å². The molecule has 0 bridgehead atoms. The number of carbonyl (C=O) groups is 2. The monoisotopic (exact) mass is 329 g/mol. The molecule has 0 spiro atoms. The third-order valence-corrected chi connectivity index (χ3v) is 4.18. The van der Waals surface area contributed by atoms with Gasteiger partial charge in [0.2, 0.25) is 5.91 Å². The summed E-state index contributed by atoms with van der Waals surface area (Å²) in [6.07, 6.45) is 2.89. The first kappa shape index (κ1) is 16.0. The molecule has 0 saturated heterocycles.